The maximum atomic E-state index is 12.2. The lowest BCUT2D eigenvalue weighted by Crippen LogP contribution is -2.40. The molecule has 0 radical (unpaired) electrons. The first-order chi connectivity index (χ1) is 10.4. The van der Waals surface area contributed by atoms with E-state index in [1.54, 1.807) is 12.1 Å². The molecule has 0 aliphatic carbocycles. The first-order valence-corrected chi connectivity index (χ1v) is 6.83. The van der Waals surface area contributed by atoms with Gasteiger partial charge in [-0.2, -0.15) is 0 Å². The van der Waals surface area contributed by atoms with E-state index in [0.717, 1.165) is 11.0 Å². The molecule has 7 heteroatoms. The summed E-state index contributed by atoms with van der Waals surface area (Å²) in [6.45, 7) is 3.94. The molecule has 2 rings (SSSR count). The Morgan fingerprint density at radius 3 is 2.77 bits per heavy atom. The summed E-state index contributed by atoms with van der Waals surface area (Å²) >= 11 is 0. The largest absolute Gasteiger partial charge is 0.447 e. The van der Waals surface area contributed by atoms with E-state index in [4.69, 9.17) is 4.74 Å². The lowest BCUT2D eigenvalue weighted by Gasteiger charge is -2.20. The van der Waals surface area contributed by atoms with Gasteiger partial charge >= 0.3 is 6.09 Å². The van der Waals surface area contributed by atoms with E-state index < -0.39 is 16.9 Å². The van der Waals surface area contributed by atoms with Crippen molar-refractivity contribution in [1.29, 1.82) is 0 Å². The number of nitro benzene ring substituents is 1. The molecule has 1 aliphatic rings. The quantitative estimate of drug-likeness (QED) is 0.484. The molecule has 1 atom stereocenters. The highest BCUT2D eigenvalue weighted by atomic mass is 16.6. The summed E-state index contributed by atoms with van der Waals surface area (Å²) in [6.07, 6.45) is 1.81. The van der Waals surface area contributed by atoms with Crippen LogP contribution < -0.4 is 0 Å². The number of cyclic esters (lactones) is 1. The van der Waals surface area contributed by atoms with Crippen LogP contribution >= 0.6 is 0 Å². The third-order valence-corrected chi connectivity index (χ3v) is 3.45. The van der Waals surface area contributed by atoms with Crippen molar-refractivity contribution < 1.29 is 19.2 Å². The van der Waals surface area contributed by atoms with Gasteiger partial charge < -0.3 is 4.74 Å². The molecule has 1 aromatic carbocycles. The van der Waals surface area contributed by atoms with Crippen molar-refractivity contribution in [2.75, 3.05) is 6.61 Å². The molecule has 0 unspecified atom stereocenters. The lowest BCUT2D eigenvalue weighted by molar-refractivity contribution is -0.385. The smallest absolute Gasteiger partial charge is 0.417 e. The van der Waals surface area contributed by atoms with Crippen LogP contribution in [0.15, 0.2) is 30.3 Å². The minimum atomic E-state index is -0.684. The maximum Gasteiger partial charge on any atom is 0.417 e. The molecule has 0 spiro atoms. The van der Waals surface area contributed by atoms with Crippen molar-refractivity contribution in [2.24, 2.45) is 5.92 Å². The van der Waals surface area contributed by atoms with Gasteiger partial charge in [0.25, 0.3) is 11.6 Å². The molecule has 1 heterocycles. The van der Waals surface area contributed by atoms with Crippen LogP contribution in [0, 0.1) is 16.0 Å². The number of benzene rings is 1. The molecule has 7 nitrogen and oxygen atoms in total. The second-order valence-electron chi connectivity index (χ2n) is 5.25. The molecule has 1 aliphatic heterocycles. The second kappa shape index (κ2) is 6.38. The third-order valence-electron chi connectivity index (χ3n) is 3.45. The highest BCUT2D eigenvalue weighted by molar-refractivity contribution is 6.02. The summed E-state index contributed by atoms with van der Waals surface area (Å²) in [5.74, 6) is -0.478. The molecule has 0 saturated carbocycles. The molecule has 2 amide bonds. The first kappa shape index (κ1) is 15.7. The second-order valence-corrected chi connectivity index (χ2v) is 5.25. The average molecular weight is 304 g/mol. The van der Waals surface area contributed by atoms with Gasteiger partial charge in [-0.05, 0) is 18.1 Å². The van der Waals surface area contributed by atoms with Gasteiger partial charge in [-0.15, -0.1) is 0 Å². The summed E-state index contributed by atoms with van der Waals surface area (Å²) in [6, 6.07) is 5.74. The van der Waals surface area contributed by atoms with E-state index in [2.05, 4.69) is 0 Å². The number of hydrogen-bond acceptors (Lipinski definition) is 5. The van der Waals surface area contributed by atoms with E-state index >= 15 is 0 Å². The minimum absolute atomic E-state index is 0.0647. The molecule has 0 bridgehead atoms. The maximum absolute atomic E-state index is 12.2. The minimum Gasteiger partial charge on any atom is -0.447 e. The van der Waals surface area contributed by atoms with Gasteiger partial charge in [0.1, 0.15) is 6.61 Å². The summed E-state index contributed by atoms with van der Waals surface area (Å²) < 4.78 is 4.90. The predicted molar refractivity (Wildman–Crippen MR) is 79.0 cm³/mol. The Hall–Kier alpha value is -2.70. The number of para-hydroxylation sites is 1. The molecular weight excluding hydrogens is 288 g/mol. The van der Waals surface area contributed by atoms with Gasteiger partial charge in [0.2, 0.25) is 0 Å². The number of carbonyl (C=O) groups excluding carboxylic acids is 2. The Balaban J connectivity index is 2.21. The Kier molecular flexibility index (Phi) is 4.55. The molecular formula is C15H16N2O5. The van der Waals surface area contributed by atoms with Crippen LogP contribution in [0.4, 0.5) is 10.5 Å². The zero-order valence-electron chi connectivity index (χ0n) is 12.3. The fourth-order valence-electron chi connectivity index (χ4n) is 2.22. The van der Waals surface area contributed by atoms with Crippen LogP contribution in [0.1, 0.15) is 19.4 Å². The Bertz CT molecular complexity index is 639. The van der Waals surface area contributed by atoms with Crippen LogP contribution in [-0.2, 0) is 9.53 Å². The molecule has 1 saturated heterocycles. The molecule has 0 N–H and O–H groups in total. The number of nitrogens with zero attached hydrogens (tertiary/aromatic N) is 2. The molecule has 1 aromatic rings. The van der Waals surface area contributed by atoms with Crippen molar-refractivity contribution in [2.45, 2.75) is 19.9 Å². The molecule has 116 valence electrons. The van der Waals surface area contributed by atoms with Crippen LogP contribution in [0.5, 0.6) is 0 Å². The SMILES string of the molecule is CC(C)[C@H]1COC(=O)N1C(=O)/C=C/c1ccccc1[N+](=O)[O-]. The highest BCUT2D eigenvalue weighted by Gasteiger charge is 2.38. The normalized spacial score (nSPS) is 18.0. The third kappa shape index (κ3) is 3.13. The number of imide groups is 1. The summed E-state index contributed by atoms with van der Waals surface area (Å²) in [5.41, 5.74) is 0.200. The monoisotopic (exact) mass is 304 g/mol. The van der Waals surface area contributed by atoms with Gasteiger partial charge in [0.15, 0.2) is 0 Å². The molecule has 0 aromatic heterocycles. The van der Waals surface area contributed by atoms with E-state index in [0.29, 0.717) is 5.56 Å². The van der Waals surface area contributed by atoms with Crippen molar-refractivity contribution in [3.63, 3.8) is 0 Å². The van der Waals surface area contributed by atoms with Crippen LogP contribution in [-0.4, -0.2) is 34.5 Å². The fraction of sp³-hybridized carbons (Fsp3) is 0.333. The van der Waals surface area contributed by atoms with E-state index in [1.165, 1.54) is 18.2 Å². The van der Waals surface area contributed by atoms with Gasteiger partial charge in [-0.1, -0.05) is 26.0 Å². The summed E-state index contributed by atoms with van der Waals surface area (Å²) in [5, 5.41) is 10.9. The Labute approximate surface area is 127 Å². The molecule has 22 heavy (non-hydrogen) atoms. The number of amides is 2. The average Bonchev–Trinajstić information content (AvgIpc) is 2.87. The highest BCUT2D eigenvalue weighted by Crippen LogP contribution is 2.22. The van der Waals surface area contributed by atoms with Crippen LogP contribution in [0.3, 0.4) is 0 Å². The van der Waals surface area contributed by atoms with Crippen molar-refractivity contribution in [3.8, 4) is 0 Å². The fourth-order valence-corrected chi connectivity index (χ4v) is 2.22. The van der Waals surface area contributed by atoms with Crippen molar-refractivity contribution in [3.05, 3.63) is 46.0 Å². The number of rotatable bonds is 4. The molecule has 1 fully saturated rings. The van der Waals surface area contributed by atoms with Gasteiger partial charge in [-0.25, -0.2) is 9.69 Å². The number of carbonyl (C=O) groups is 2. The van der Waals surface area contributed by atoms with E-state index in [-0.39, 0.29) is 24.3 Å². The van der Waals surface area contributed by atoms with Crippen molar-refractivity contribution in [1.82, 2.24) is 4.90 Å². The zero-order valence-corrected chi connectivity index (χ0v) is 12.3. The zero-order chi connectivity index (χ0) is 16.3. The standard InChI is InChI=1S/C15H16N2O5/c1-10(2)13-9-22-15(19)16(13)14(18)8-7-11-5-3-4-6-12(11)17(20)21/h3-8,10,13H,9H2,1-2H3/b8-7+/t13-/m1/s1. The van der Waals surface area contributed by atoms with E-state index in [1.807, 2.05) is 13.8 Å². The number of hydrogen-bond donors (Lipinski definition) is 0. The van der Waals surface area contributed by atoms with E-state index in [9.17, 15) is 19.7 Å². The topological polar surface area (TPSA) is 89.8 Å². The number of nitro groups is 1. The number of ether oxygens (including phenoxy) is 1. The predicted octanol–water partition coefficient (Wildman–Crippen LogP) is 2.61. The van der Waals surface area contributed by atoms with Crippen LogP contribution in [0.25, 0.3) is 6.08 Å². The van der Waals surface area contributed by atoms with Gasteiger partial charge in [-0.3, -0.25) is 14.9 Å². The summed E-state index contributed by atoms with van der Waals surface area (Å²) in [7, 11) is 0. The van der Waals surface area contributed by atoms with Crippen LogP contribution in [0.2, 0.25) is 0 Å². The lowest BCUT2D eigenvalue weighted by atomic mass is 10.0. The Morgan fingerprint density at radius 1 is 1.45 bits per heavy atom. The summed E-state index contributed by atoms with van der Waals surface area (Å²) in [4.78, 5) is 35.3. The van der Waals surface area contributed by atoms with Crippen molar-refractivity contribution >= 4 is 23.8 Å². The van der Waals surface area contributed by atoms with Gasteiger partial charge in [0.05, 0.1) is 16.5 Å². The Morgan fingerprint density at radius 2 is 2.14 bits per heavy atom. The first-order valence-electron chi connectivity index (χ1n) is 6.83. The van der Waals surface area contributed by atoms with Gasteiger partial charge in [0, 0.05) is 12.1 Å².